The van der Waals surface area contributed by atoms with E-state index in [1.807, 2.05) is 0 Å². The lowest BCUT2D eigenvalue weighted by Gasteiger charge is -2.29. The highest BCUT2D eigenvalue weighted by Crippen LogP contribution is 2.38. The van der Waals surface area contributed by atoms with E-state index in [-0.39, 0.29) is 11.9 Å². The van der Waals surface area contributed by atoms with E-state index in [9.17, 15) is 9.59 Å². The molecule has 2 saturated carbocycles. The van der Waals surface area contributed by atoms with Gasteiger partial charge in [0.05, 0.1) is 13.2 Å². The van der Waals surface area contributed by atoms with Crippen LogP contribution in [-0.4, -0.2) is 25.2 Å². The van der Waals surface area contributed by atoms with E-state index in [1.54, 1.807) is 0 Å². The molecule has 0 saturated heterocycles. The van der Waals surface area contributed by atoms with Crippen LogP contribution in [0.3, 0.4) is 0 Å². The van der Waals surface area contributed by atoms with E-state index in [0.29, 0.717) is 25.0 Å². The van der Waals surface area contributed by atoms with Crippen molar-refractivity contribution in [2.45, 2.75) is 88.9 Å². The van der Waals surface area contributed by atoms with Crippen LogP contribution in [0.1, 0.15) is 111 Å². The lowest BCUT2D eigenvalue weighted by atomic mass is 9.77. The molecule has 4 nitrogen and oxygen atoms in total. The number of ether oxygens (including phenoxy) is 2. The maximum absolute atomic E-state index is 11.2. The Morgan fingerprint density at radius 3 is 1.31 bits per heavy atom. The van der Waals surface area contributed by atoms with Crippen molar-refractivity contribution in [1.29, 1.82) is 0 Å². The number of hydrogen-bond acceptors (Lipinski definition) is 4. The molecule has 0 aliphatic heterocycles. The molecule has 42 heavy (non-hydrogen) atoms. The molecule has 0 amide bonds. The summed E-state index contributed by atoms with van der Waals surface area (Å²) in [6, 6.07) is 17.7. The smallest absolute Gasteiger partial charge is 0.330 e. The standard InChI is InChI=1S/C38H46O4/c1-3-37(39)41-27-5-7-29-11-19-33(20-12-29)35-23-15-31(16-24-35)9-10-32-17-25-36(26-18-32)34-21-13-30(14-22-34)8-6-28-42-38(40)4-2/h3-4,15-18,23-26,29-30,33-34H,1-2,5-8,11-14,19-22,27-28H2. The second kappa shape index (κ2) is 16.8. The van der Waals surface area contributed by atoms with Gasteiger partial charge in [0.1, 0.15) is 0 Å². The van der Waals surface area contributed by atoms with Crippen LogP contribution in [0.4, 0.5) is 0 Å². The van der Waals surface area contributed by atoms with Crippen molar-refractivity contribution in [3.63, 3.8) is 0 Å². The second-order valence-electron chi connectivity index (χ2n) is 12.0. The molecule has 2 aromatic carbocycles. The first kappa shape index (κ1) is 31.4. The average Bonchev–Trinajstić information content (AvgIpc) is 3.05. The van der Waals surface area contributed by atoms with Gasteiger partial charge >= 0.3 is 11.9 Å². The van der Waals surface area contributed by atoms with Gasteiger partial charge in [0.15, 0.2) is 0 Å². The van der Waals surface area contributed by atoms with Crippen LogP contribution in [-0.2, 0) is 19.1 Å². The quantitative estimate of drug-likeness (QED) is 0.112. The summed E-state index contributed by atoms with van der Waals surface area (Å²) in [5.74, 6) is 8.79. The minimum Gasteiger partial charge on any atom is -0.463 e. The predicted octanol–water partition coefficient (Wildman–Crippen LogP) is 8.65. The first-order valence-corrected chi connectivity index (χ1v) is 15.8. The fourth-order valence-corrected chi connectivity index (χ4v) is 6.60. The van der Waals surface area contributed by atoms with Crippen LogP contribution in [0.5, 0.6) is 0 Å². The molecule has 2 fully saturated rings. The Morgan fingerprint density at radius 1 is 0.619 bits per heavy atom. The Balaban J connectivity index is 1.17. The highest BCUT2D eigenvalue weighted by Gasteiger charge is 2.23. The molecule has 0 atom stereocenters. The van der Waals surface area contributed by atoms with Crippen molar-refractivity contribution in [2.24, 2.45) is 11.8 Å². The third-order valence-corrected chi connectivity index (χ3v) is 9.14. The van der Waals surface area contributed by atoms with Gasteiger partial charge in [0.25, 0.3) is 0 Å². The summed E-state index contributed by atoms with van der Waals surface area (Å²) < 4.78 is 10.2. The Kier molecular flexibility index (Phi) is 12.5. The molecule has 0 unspecified atom stereocenters. The van der Waals surface area contributed by atoms with Crippen LogP contribution in [0, 0.1) is 23.7 Å². The van der Waals surface area contributed by atoms with Gasteiger partial charge in [0.2, 0.25) is 0 Å². The van der Waals surface area contributed by atoms with Gasteiger partial charge in [-0.15, -0.1) is 0 Å². The van der Waals surface area contributed by atoms with Gasteiger partial charge in [-0.2, -0.15) is 0 Å². The van der Waals surface area contributed by atoms with E-state index in [2.05, 4.69) is 73.5 Å². The molecule has 4 heteroatoms. The summed E-state index contributed by atoms with van der Waals surface area (Å²) in [6.07, 6.45) is 16.5. The molecule has 4 rings (SSSR count). The number of carbonyl (C=O) groups is 2. The first-order valence-electron chi connectivity index (χ1n) is 15.8. The number of rotatable bonds is 12. The molecule has 0 N–H and O–H groups in total. The van der Waals surface area contributed by atoms with E-state index < -0.39 is 0 Å². The van der Waals surface area contributed by atoms with Crippen LogP contribution in [0.2, 0.25) is 0 Å². The SMILES string of the molecule is C=CC(=O)OCCCC1CCC(c2ccc(C#Cc3ccc(C4CCC(CCCOC(=O)C=C)CC4)cc3)cc2)CC1. The number of esters is 2. The zero-order valence-corrected chi connectivity index (χ0v) is 25.0. The Morgan fingerprint density at radius 2 is 0.976 bits per heavy atom. The summed E-state index contributed by atoms with van der Waals surface area (Å²) in [5, 5.41) is 0. The summed E-state index contributed by atoms with van der Waals surface area (Å²) in [4.78, 5) is 22.3. The van der Waals surface area contributed by atoms with Gasteiger partial charge in [-0.25, -0.2) is 9.59 Å². The molecule has 0 spiro atoms. The fourth-order valence-electron chi connectivity index (χ4n) is 6.60. The minimum absolute atomic E-state index is 0.325. The second-order valence-corrected chi connectivity index (χ2v) is 12.0. The molecule has 0 radical (unpaired) electrons. The largest absolute Gasteiger partial charge is 0.463 e. The molecule has 0 heterocycles. The van der Waals surface area contributed by atoms with Crippen molar-refractivity contribution in [3.8, 4) is 11.8 Å². The lowest BCUT2D eigenvalue weighted by Crippen LogP contribution is -2.14. The minimum atomic E-state index is -0.325. The third kappa shape index (κ3) is 10.1. The van der Waals surface area contributed by atoms with E-state index in [4.69, 9.17) is 9.47 Å². The van der Waals surface area contributed by atoms with Crippen LogP contribution in [0.25, 0.3) is 0 Å². The zero-order chi connectivity index (χ0) is 29.6. The summed E-state index contributed by atoms with van der Waals surface area (Å²) in [6.45, 7) is 7.87. The van der Waals surface area contributed by atoms with Crippen LogP contribution >= 0.6 is 0 Å². The summed E-state index contributed by atoms with van der Waals surface area (Å²) in [7, 11) is 0. The summed E-state index contributed by atoms with van der Waals surface area (Å²) in [5.41, 5.74) is 4.97. The third-order valence-electron chi connectivity index (χ3n) is 9.14. The van der Waals surface area contributed by atoms with Crippen LogP contribution < -0.4 is 0 Å². The topological polar surface area (TPSA) is 52.6 Å². The van der Waals surface area contributed by atoms with Gasteiger partial charge in [-0.3, -0.25) is 0 Å². The molecule has 2 aromatic rings. The zero-order valence-electron chi connectivity index (χ0n) is 25.0. The molecule has 2 aliphatic rings. The maximum Gasteiger partial charge on any atom is 0.330 e. The van der Waals surface area contributed by atoms with Gasteiger partial charge in [-0.05, 0) is 136 Å². The van der Waals surface area contributed by atoms with Crippen molar-refractivity contribution in [3.05, 3.63) is 96.1 Å². The monoisotopic (exact) mass is 566 g/mol. The molecular weight excluding hydrogens is 520 g/mol. The van der Waals surface area contributed by atoms with E-state index >= 15 is 0 Å². The Hall–Kier alpha value is -3.58. The van der Waals surface area contributed by atoms with Crippen LogP contribution in [0.15, 0.2) is 73.8 Å². The highest BCUT2D eigenvalue weighted by molar-refractivity contribution is 5.81. The van der Waals surface area contributed by atoms with Gasteiger partial charge in [-0.1, -0.05) is 49.3 Å². The van der Waals surface area contributed by atoms with Crippen molar-refractivity contribution in [2.75, 3.05) is 13.2 Å². The van der Waals surface area contributed by atoms with Crippen molar-refractivity contribution >= 4 is 11.9 Å². The molecule has 0 bridgehead atoms. The molecule has 222 valence electrons. The average molecular weight is 567 g/mol. The van der Waals surface area contributed by atoms with E-state index in [0.717, 1.165) is 48.6 Å². The first-order chi connectivity index (χ1) is 20.5. The fraction of sp³-hybridized carbons (Fsp3) is 0.474. The molecular formula is C38H46O4. The number of benzene rings is 2. The molecule has 2 aliphatic carbocycles. The number of carbonyl (C=O) groups excluding carboxylic acids is 2. The Bertz CT molecular complexity index is 1120. The normalized spacial score (nSPS) is 21.8. The lowest BCUT2D eigenvalue weighted by molar-refractivity contribution is -0.138. The Labute approximate surface area is 252 Å². The van der Waals surface area contributed by atoms with Crippen molar-refractivity contribution < 1.29 is 19.1 Å². The van der Waals surface area contributed by atoms with Gasteiger partial charge < -0.3 is 9.47 Å². The predicted molar refractivity (Wildman–Crippen MR) is 169 cm³/mol. The number of hydrogen-bond donors (Lipinski definition) is 0. The summed E-state index contributed by atoms with van der Waals surface area (Å²) >= 11 is 0. The maximum atomic E-state index is 11.2. The molecule has 0 aromatic heterocycles. The van der Waals surface area contributed by atoms with Gasteiger partial charge in [0, 0.05) is 23.3 Å². The highest BCUT2D eigenvalue weighted by atomic mass is 16.5. The van der Waals surface area contributed by atoms with Crippen molar-refractivity contribution in [1.82, 2.24) is 0 Å². The van der Waals surface area contributed by atoms with E-state index in [1.165, 1.54) is 74.6 Å².